The minimum absolute atomic E-state index is 0.0690. The van der Waals surface area contributed by atoms with Crippen molar-refractivity contribution < 1.29 is 24.1 Å². The molecule has 3 heterocycles. The molecule has 3 aliphatic rings. The van der Waals surface area contributed by atoms with Crippen LogP contribution in [-0.2, 0) is 19.0 Å². The van der Waals surface area contributed by atoms with Gasteiger partial charge in [-0.05, 0) is 31.3 Å². The minimum atomic E-state index is -1.03. The van der Waals surface area contributed by atoms with Crippen molar-refractivity contribution >= 4 is 5.97 Å². The molecule has 0 saturated carbocycles. The number of carbonyl (C=O) groups excluding carboxylic acids is 1. The molecule has 2 saturated heterocycles. The average Bonchev–Trinajstić information content (AvgIpc) is 2.71. The van der Waals surface area contributed by atoms with E-state index in [2.05, 4.69) is 20.8 Å². The standard InChI is InChI=1S/C16H24O5/c1-9(2)11-5-6-15(3)8-12-10(14(18)19-4)7-13(17)16(15,20-11)21-12/h7,9,11-13,17H,5-6,8H2,1-4H3. The van der Waals surface area contributed by atoms with Gasteiger partial charge in [0.05, 0.1) is 24.9 Å². The van der Waals surface area contributed by atoms with Crippen LogP contribution in [0.2, 0.25) is 0 Å². The maximum absolute atomic E-state index is 11.9. The molecule has 2 bridgehead atoms. The van der Waals surface area contributed by atoms with Gasteiger partial charge < -0.3 is 19.3 Å². The van der Waals surface area contributed by atoms with Gasteiger partial charge in [-0.15, -0.1) is 0 Å². The number of hydrogen-bond acceptors (Lipinski definition) is 5. The average molecular weight is 296 g/mol. The van der Waals surface area contributed by atoms with Crippen LogP contribution in [0.25, 0.3) is 0 Å². The van der Waals surface area contributed by atoms with Gasteiger partial charge in [-0.3, -0.25) is 0 Å². The highest BCUT2D eigenvalue weighted by molar-refractivity contribution is 5.90. The van der Waals surface area contributed by atoms with Crippen molar-refractivity contribution in [3.63, 3.8) is 0 Å². The van der Waals surface area contributed by atoms with Crippen LogP contribution >= 0.6 is 0 Å². The first-order valence-corrected chi connectivity index (χ1v) is 7.67. The van der Waals surface area contributed by atoms with Crippen LogP contribution in [0.4, 0.5) is 0 Å². The quantitative estimate of drug-likeness (QED) is 0.787. The van der Waals surface area contributed by atoms with Crippen LogP contribution in [-0.4, -0.2) is 42.3 Å². The SMILES string of the molecule is COC(=O)C1=CC(O)C23OC1CC2(C)CCC(C(C)C)O3. The molecule has 21 heavy (non-hydrogen) atoms. The Kier molecular flexibility index (Phi) is 3.43. The molecule has 3 rings (SSSR count). The third-order valence-electron chi connectivity index (χ3n) is 5.34. The number of methoxy groups -OCH3 is 1. The van der Waals surface area contributed by atoms with Crippen LogP contribution in [0, 0.1) is 11.3 Å². The highest BCUT2D eigenvalue weighted by atomic mass is 16.7. The minimum Gasteiger partial charge on any atom is -0.466 e. The number of aliphatic hydroxyl groups excluding tert-OH is 1. The number of hydrogen-bond donors (Lipinski definition) is 1. The lowest BCUT2D eigenvalue weighted by Crippen LogP contribution is -2.60. The molecular formula is C16H24O5. The Morgan fingerprint density at radius 3 is 2.81 bits per heavy atom. The molecule has 2 fully saturated rings. The first-order chi connectivity index (χ1) is 9.83. The summed E-state index contributed by atoms with van der Waals surface area (Å²) in [6, 6.07) is 0. The van der Waals surface area contributed by atoms with Gasteiger partial charge in [0.1, 0.15) is 6.10 Å². The van der Waals surface area contributed by atoms with E-state index in [9.17, 15) is 9.90 Å². The zero-order valence-corrected chi connectivity index (χ0v) is 13.1. The molecule has 0 aromatic heterocycles. The molecule has 3 aliphatic heterocycles. The van der Waals surface area contributed by atoms with Gasteiger partial charge in [-0.2, -0.15) is 0 Å². The lowest BCUT2D eigenvalue weighted by Gasteiger charge is -2.51. The summed E-state index contributed by atoms with van der Waals surface area (Å²) in [4.78, 5) is 11.9. The van der Waals surface area contributed by atoms with Gasteiger partial charge in [0.15, 0.2) is 0 Å². The second-order valence-electron chi connectivity index (χ2n) is 7.04. The van der Waals surface area contributed by atoms with Crippen LogP contribution < -0.4 is 0 Å². The van der Waals surface area contributed by atoms with E-state index < -0.39 is 17.9 Å². The zero-order chi connectivity index (χ0) is 15.4. The Hall–Kier alpha value is -0.910. The largest absolute Gasteiger partial charge is 0.466 e. The van der Waals surface area contributed by atoms with E-state index in [0.717, 1.165) is 12.8 Å². The maximum Gasteiger partial charge on any atom is 0.336 e. The first-order valence-electron chi connectivity index (χ1n) is 7.67. The Labute approximate surface area is 125 Å². The van der Waals surface area contributed by atoms with Crippen LogP contribution in [0.3, 0.4) is 0 Å². The van der Waals surface area contributed by atoms with Crippen LogP contribution in [0.1, 0.15) is 40.0 Å². The Morgan fingerprint density at radius 1 is 1.48 bits per heavy atom. The van der Waals surface area contributed by atoms with E-state index in [1.807, 2.05) is 0 Å². The summed E-state index contributed by atoms with van der Waals surface area (Å²) < 4.78 is 17.1. The number of rotatable bonds is 2. The Morgan fingerprint density at radius 2 is 2.19 bits per heavy atom. The Balaban J connectivity index is 1.97. The fourth-order valence-electron chi connectivity index (χ4n) is 3.98. The van der Waals surface area contributed by atoms with Gasteiger partial charge in [-0.25, -0.2) is 4.79 Å². The fourth-order valence-corrected chi connectivity index (χ4v) is 3.98. The molecule has 0 radical (unpaired) electrons. The highest BCUT2D eigenvalue weighted by Crippen LogP contribution is 2.59. The highest BCUT2D eigenvalue weighted by Gasteiger charge is 2.67. The Bertz CT molecular complexity index is 485. The van der Waals surface area contributed by atoms with E-state index >= 15 is 0 Å². The second-order valence-corrected chi connectivity index (χ2v) is 7.04. The van der Waals surface area contributed by atoms with Crippen molar-refractivity contribution in [1.82, 2.24) is 0 Å². The number of fused-ring (bicyclic) bond motifs is 1. The summed E-state index contributed by atoms with van der Waals surface area (Å²) >= 11 is 0. The van der Waals surface area contributed by atoms with Crippen molar-refractivity contribution in [1.29, 1.82) is 0 Å². The fraction of sp³-hybridized carbons (Fsp3) is 0.812. The van der Waals surface area contributed by atoms with Crippen LogP contribution in [0.5, 0.6) is 0 Å². The lowest BCUT2D eigenvalue weighted by atomic mass is 9.71. The molecule has 1 N–H and O–H groups in total. The molecule has 1 spiro atoms. The summed E-state index contributed by atoms with van der Waals surface area (Å²) in [7, 11) is 1.34. The molecular weight excluding hydrogens is 272 g/mol. The van der Waals surface area contributed by atoms with E-state index in [-0.39, 0.29) is 17.6 Å². The number of carbonyl (C=O) groups is 1. The van der Waals surface area contributed by atoms with Crippen molar-refractivity contribution in [2.24, 2.45) is 11.3 Å². The maximum atomic E-state index is 11.9. The summed E-state index contributed by atoms with van der Waals surface area (Å²) in [6.45, 7) is 6.31. The lowest BCUT2D eigenvalue weighted by molar-refractivity contribution is -0.343. The summed E-state index contributed by atoms with van der Waals surface area (Å²) in [5.41, 5.74) is 0.130. The number of aliphatic hydroxyl groups is 1. The number of ether oxygens (including phenoxy) is 3. The van der Waals surface area contributed by atoms with Crippen molar-refractivity contribution in [2.45, 2.75) is 64.1 Å². The predicted molar refractivity (Wildman–Crippen MR) is 75.4 cm³/mol. The second kappa shape index (κ2) is 4.80. The van der Waals surface area contributed by atoms with Gasteiger partial charge in [0.2, 0.25) is 5.79 Å². The molecule has 0 amide bonds. The van der Waals surface area contributed by atoms with Gasteiger partial charge in [0.25, 0.3) is 0 Å². The first kappa shape index (κ1) is 15.0. The third-order valence-corrected chi connectivity index (χ3v) is 5.34. The van der Waals surface area contributed by atoms with Crippen molar-refractivity contribution in [2.75, 3.05) is 7.11 Å². The zero-order valence-electron chi connectivity index (χ0n) is 13.1. The van der Waals surface area contributed by atoms with Crippen LogP contribution in [0.15, 0.2) is 11.6 Å². The smallest absolute Gasteiger partial charge is 0.336 e. The molecule has 5 atom stereocenters. The van der Waals surface area contributed by atoms with Gasteiger partial charge in [0, 0.05) is 5.41 Å². The third kappa shape index (κ3) is 1.98. The molecule has 5 unspecified atom stereocenters. The van der Waals surface area contributed by atoms with Crippen molar-refractivity contribution in [3.8, 4) is 0 Å². The molecule has 0 aromatic carbocycles. The summed E-state index contributed by atoms with van der Waals surface area (Å²) in [6.07, 6.45) is 2.88. The molecule has 0 aliphatic carbocycles. The molecule has 5 nitrogen and oxygen atoms in total. The van der Waals surface area contributed by atoms with Crippen molar-refractivity contribution in [3.05, 3.63) is 11.6 Å². The monoisotopic (exact) mass is 296 g/mol. The molecule has 0 aromatic rings. The van der Waals surface area contributed by atoms with E-state index in [1.54, 1.807) is 6.08 Å². The molecule has 118 valence electrons. The van der Waals surface area contributed by atoms with Gasteiger partial charge in [-0.1, -0.05) is 20.8 Å². The molecule has 5 heteroatoms. The van der Waals surface area contributed by atoms with E-state index in [4.69, 9.17) is 14.2 Å². The number of esters is 1. The van der Waals surface area contributed by atoms with Gasteiger partial charge >= 0.3 is 5.97 Å². The summed E-state index contributed by atoms with van der Waals surface area (Å²) in [5, 5.41) is 10.6. The normalized spacial score (nSPS) is 45.2. The topological polar surface area (TPSA) is 65.0 Å². The predicted octanol–water partition coefficient (Wildman–Crippen LogP) is 1.79. The summed E-state index contributed by atoms with van der Waals surface area (Å²) in [5.74, 6) is -1.09. The van der Waals surface area contributed by atoms with E-state index in [1.165, 1.54) is 7.11 Å². The van der Waals surface area contributed by atoms with E-state index in [0.29, 0.717) is 17.9 Å².